The largest absolute Gasteiger partial charge is 0.395 e. The molecule has 1 saturated heterocycles. The maximum atomic E-state index is 9.13. The van der Waals surface area contributed by atoms with Crippen molar-refractivity contribution in [3.05, 3.63) is 0 Å². The Kier molecular flexibility index (Phi) is 4.02. The summed E-state index contributed by atoms with van der Waals surface area (Å²) in [5.41, 5.74) is 0. The van der Waals surface area contributed by atoms with Crippen LogP contribution >= 0.6 is 0 Å². The lowest BCUT2D eigenvalue weighted by molar-refractivity contribution is 0.0804. The Hall–Kier alpha value is -0.0800. The Morgan fingerprint density at radius 1 is 1.42 bits per heavy atom. The number of aliphatic hydroxyl groups excluding tert-OH is 1. The van der Waals surface area contributed by atoms with Gasteiger partial charge in [0.25, 0.3) is 0 Å². The van der Waals surface area contributed by atoms with Gasteiger partial charge in [-0.05, 0) is 25.3 Å². The minimum Gasteiger partial charge on any atom is -0.395 e. The lowest BCUT2D eigenvalue weighted by Crippen LogP contribution is -2.43. The second-order valence-corrected chi connectivity index (χ2v) is 4.22. The molecular formula is C10H21NO. The molecule has 1 N–H and O–H groups in total. The molecule has 0 aromatic carbocycles. The predicted molar refractivity (Wildman–Crippen MR) is 51.1 cm³/mol. The zero-order valence-corrected chi connectivity index (χ0v) is 8.29. The van der Waals surface area contributed by atoms with Gasteiger partial charge in [-0.15, -0.1) is 0 Å². The van der Waals surface area contributed by atoms with Crippen LogP contribution in [0.3, 0.4) is 0 Å². The molecule has 0 aromatic heterocycles. The number of nitrogens with zero attached hydrogens (tertiary/aromatic N) is 1. The van der Waals surface area contributed by atoms with Crippen LogP contribution in [0.2, 0.25) is 0 Å². The Morgan fingerprint density at radius 2 is 2.17 bits per heavy atom. The van der Waals surface area contributed by atoms with Crippen LogP contribution in [0.1, 0.15) is 33.1 Å². The molecule has 0 aliphatic carbocycles. The van der Waals surface area contributed by atoms with Crippen molar-refractivity contribution in [1.82, 2.24) is 4.90 Å². The summed E-state index contributed by atoms with van der Waals surface area (Å²) in [7, 11) is 0. The van der Waals surface area contributed by atoms with Crippen LogP contribution < -0.4 is 0 Å². The average molecular weight is 171 g/mol. The van der Waals surface area contributed by atoms with Crippen LogP contribution in [-0.2, 0) is 0 Å². The molecule has 0 radical (unpaired) electrons. The lowest BCUT2D eigenvalue weighted by Gasteiger charge is -2.35. The van der Waals surface area contributed by atoms with E-state index in [0.29, 0.717) is 12.6 Å². The Morgan fingerprint density at radius 3 is 2.75 bits per heavy atom. The first-order valence-corrected chi connectivity index (χ1v) is 5.09. The van der Waals surface area contributed by atoms with E-state index in [-0.39, 0.29) is 0 Å². The maximum absolute atomic E-state index is 9.13. The molecule has 72 valence electrons. The zero-order valence-electron chi connectivity index (χ0n) is 8.29. The molecule has 1 fully saturated rings. The van der Waals surface area contributed by atoms with Gasteiger partial charge in [-0.3, -0.25) is 4.90 Å². The van der Waals surface area contributed by atoms with E-state index in [4.69, 9.17) is 5.11 Å². The third-order valence-electron chi connectivity index (χ3n) is 2.56. The van der Waals surface area contributed by atoms with Crippen molar-refractivity contribution in [3.8, 4) is 0 Å². The number of hydrogen-bond acceptors (Lipinski definition) is 2. The van der Waals surface area contributed by atoms with Crippen LogP contribution in [-0.4, -0.2) is 35.7 Å². The minimum absolute atomic E-state index is 0.340. The molecule has 0 saturated carbocycles. The molecule has 2 nitrogen and oxygen atoms in total. The summed E-state index contributed by atoms with van der Waals surface area (Å²) in [6.07, 6.45) is 3.78. The molecule has 12 heavy (non-hydrogen) atoms. The third-order valence-corrected chi connectivity index (χ3v) is 2.56. The minimum atomic E-state index is 0.340. The van der Waals surface area contributed by atoms with Gasteiger partial charge < -0.3 is 5.11 Å². The third kappa shape index (κ3) is 2.76. The van der Waals surface area contributed by atoms with Gasteiger partial charge in [0, 0.05) is 12.6 Å². The SMILES string of the molecule is CC(C)CN1CCCCC1CO. The number of aliphatic hydroxyl groups is 1. The Balaban J connectivity index is 2.36. The average Bonchev–Trinajstić information content (AvgIpc) is 2.04. The fraction of sp³-hybridized carbons (Fsp3) is 1.00. The van der Waals surface area contributed by atoms with Crippen molar-refractivity contribution >= 4 is 0 Å². The molecule has 1 atom stereocenters. The van der Waals surface area contributed by atoms with E-state index >= 15 is 0 Å². The first-order chi connectivity index (χ1) is 5.74. The lowest BCUT2D eigenvalue weighted by atomic mass is 10.0. The zero-order chi connectivity index (χ0) is 8.97. The number of likely N-dealkylation sites (tertiary alicyclic amines) is 1. The first-order valence-electron chi connectivity index (χ1n) is 5.09. The van der Waals surface area contributed by atoms with E-state index in [1.165, 1.54) is 25.8 Å². The van der Waals surface area contributed by atoms with E-state index in [1.807, 2.05) is 0 Å². The van der Waals surface area contributed by atoms with Crippen molar-refractivity contribution in [2.75, 3.05) is 19.7 Å². The molecule has 0 amide bonds. The predicted octanol–water partition coefficient (Wildman–Crippen LogP) is 1.49. The molecule has 1 rings (SSSR count). The quantitative estimate of drug-likeness (QED) is 0.695. The number of hydrogen-bond donors (Lipinski definition) is 1. The second kappa shape index (κ2) is 4.83. The van der Waals surface area contributed by atoms with Crippen molar-refractivity contribution in [2.45, 2.75) is 39.2 Å². The summed E-state index contributed by atoms with van der Waals surface area (Å²) < 4.78 is 0. The molecule has 1 unspecified atom stereocenters. The van der Waals surface area contributed by atoms with Crippen molar-refractivity contribution in [2.24, 2.45) is 5.92 Å². The van der Waals surface area contributed by atoms with Gasteiger partial charge in [0.1, 0.15) is 0 Å². The standard InChI is InChI=1S/C10H21NO/c1-9(2)7-11-6-4-3-5-10(11)8-12/h9-10,12H,3-8H2,1-2H3. The molecule has 2 heteroatoms. The van der Waals surface area contributed by atoms with Gasteiger partial charge in [-0.1, -0.05) is 20.3 Å². The second-order valence-electron chi connectivity index (χ2n) is 4.22. The molecule has 0 spiro atoms. The summed E-state index contributed by atoms with van der Waals surface area (Å²) in [6.45, 7) is 7.15. The highest BCUT2D eigenvalue weighted by Gasteiger charge is 2.21. The molecule has 1 aliphatic heterocycles. The van der Waals surface area contributed by atoms with Gasteiger partial charge in [0.15, 0.2) is 0 Å². The Labute approximate surface area is 75.6 Å². The van der Waals surface area contributed by atoms with Gasteiger partial charge >= 0.3 is 0 Å². The summed E-state index contributed by atoms with van der Waals surface area (Å²) >= 11 is 0. The van der Waals surface area contributed by atoms with Gasteiger partial charge in [0.2, 0.25) is 0 Å². The van der Waals surface area contributed by atoms with Crippen molar-refractivity contribution < 1.29 is 5.11 Å². The van der Waals surface area contributed by atoms with E-state index < -0.39 is 0 Å². The normalized spacial score (nSPS) is 26.5. The summed E-state index contributed by atoms with van der Waals surface area (Å²) in [5, 5.41) is 9.13. The van der Waals surface area contributed by atoms with E-state index in [9.17, 15) is 0 Å². The monoisotopic (exact) mass is 171 g/mol. The van der Waals surface area contributed by atoms with E-state index in [1.54, 1.807) is 0 Å². The summed E-state index contributed by atoms with van der Waals surface area (Å²) in [5.74, 6) is 0.720. The van der Waals surface area contributed by atoms with Crippen molar-refractivity contribution in [1.29, 1.82) is 0 Å². The van der Waals surface area contributed by atoms with Crippen LogP contribution in [0.25, 0.3) is 0 Å². The van der Waals surface area contributed by atoms with Gasteiger partial charge in [0.05, 0.1) is 6.61 Å². The Bertz CT molecular complexity index is 125. The molecule has 0 bridgehead atoms. The molecule has 0 aromatic rings. The van der Waals surface area contributed by atoms with Crippen LogP contribution in [0.5, 0.6) is 0 Å². The highest BCUT2D eigenvalue weighted by Crippen LogP contribution is 2.17. The molecule has 1 heterocycles. The highest BCUT2D eigenvalue weighted by molar-refractivity contribution is 4.76. The molecular weight excluding hydrogens is 150 g/mol. The topological polar surface area (TPSA) is 23.5 Å². The van der Waals surface area contributed by atoms with E-state index in [0.717, 1.165) is 12.5 Å². The highest BCUT2D eigenvalue weighted by atomic mass is 16.3. The fourth-order valence-corrected chi connectivity index (χ4v) is 1.98. The van der Waals surface area contributed by atoms with E-state index in [2.05, 4.69) is 18.7 Å². The smallest absolute Gasteiger partial charge is 0.0586 e. The fourth-order valence-electron chi connectivity index (χ4n) is 1.98. The van der Waals surface area contributed by atoms with Gasteiger partial charge in [-0.2, -0.15) is 0 Å². The van der Waals surface area contributed by atoms with Gasteiger partial charge in [-0.25, -0.2) is 0 Å². The van der Waals surface area contributed by atoms with Crippen LogP contribution in [0.4, 0.5) is 0 Å². The summed E-state index contributed by atoms with van der Waals surface area (Å²) in [4.78, 5) is 2.44. The molecule has 1 aliphatic rings. The number of rotatable bonds is 3. The van der Waals surface area contributed by atoms with Crippen molar-refractivity contribution in [3.63, 3.8) is 0 Å². The number of piperidine rings is 1. The van der Waals surface area contributed by atoms with Crippen LogP contribution in [0.15, 0.2) is 0 Å². The first kappa shape index (κ1) is 10.0. The summed E-state index contributed by atoms with van der Waals surface area (Å²) in [6, 6.07) is 0.446. The van der Waals surface area contributed by atoms with Crippen LogP contribution in [0, 0.1) is 5.92 Å². The maximum Gasteiger partial charge on any atom is 0.0586 e.